The minimum absolute atomic E-state index is 0.0535. The van der Waals surface area contributed by atoms with Crippen molar-refractivity contribution < 1.29 is 5.11 Å². The van der Waals surface area contributed by atoms with Gasteiger partial charge in [0.05, 0.1) is 28.6 Å². The Kier molecular flexibility index (Phi) is 3.56. The number of hydrogen-bond acceptors (Lipinski definition) is 2. The lowest BCUT2D eigenvalue weighted by atomic mass is 10.1. The van der Waals surface area contributed by atoms with Gasteiger partial charge in [0.25, 0.3) is 0 Å². The molecular weight excluding hydrogens is 209 g/mol. The summed E-state index contributed by atoms with van der Waals surface area (Å²) >= 11 is 11.4. The van der Waals surface area contributed by atoms with Crippen LogP contribution in [0.4, 0.5) is 0 Å². The Labute approximate surface area is 86.3 Å². The predicted molar refractivity (Wildman–Crippen MR) is 51.7 cm³/mol. The molecule has 1 N–H and O–H groups in total. The van der Waals surface area contributed by atoms with Crippen LogP contribution < -0.4 is 0 Å². The summed E-state index contributed by atoms with van der Waals surface area (Å²) in [6, 6.07) is 6.68. The first-order valence-corrected chi connectivity index (χ1v) is 4.40. The summed E-state index contributed by atoms with van der Waals surface area (Å²) in [5.74, 6) is 0. The van der Waals surface area contributed by atoms with E-state index in [-0.39, 0.29) is 6.42 Å². The molecule has 1 aromatic carbocycles. The predicted octanol–water partition coefficient (Wildman–Crippen LogP) is 2.94. The lowest BCUT2D eigenvalue weighted by Crippen LogP contribution is -1.95. The van der Waals surface area contributed by atoms with Gasteiger partial charge in [-0.25, -0.2) is 0 Å². The zero-order chi connectivity index (χ0) is 9.84. The summed E-state index contributed by atoms with van der Waals surface area (Å²) in [4.78, 5) is 0. The molecule has 0 amide bonds. The molecule has 2 nitrogen and oxygen atoms in total. The fourth-order valence-electron chi connectivity index (χ4n) is 0.924. The van der Waals surface area contributed by atoms with Crippen molar-refractivity contribution in [3.05, 3.63) is 33.8 Å². The second kappa shape index (κ2) is 4.48. The normalized spacial score (nSPS) is 12.2. The Morgan fingerprint density at radius 2 is 2.08 bits per heavy atom. The highest BCUT2D eigenvalue weighted by Crippen LogP contribution is 2.26. The average molecular weight is 216 g/mol. The summed E-state index contributed by atoms with van der Waals surface area (Å²) in [6.45, 7) is 0. The van der Waals surface area contributed by atoms with Gasteiger partial charge in [-0.05, 0) is 17.7 Å². The number of nitriles is 1. The van der Waals surface area contributed by atoms with Gasteiger partial charge in [0.1, 0.15) is 0 Å². The van der Waals surface area contributed by atoms with Gasteiger partial charge >= 0.3 is 0 Å². The van der Waals surface area contributed by atoms with Gasteiger partial charge in [-0.2, -0.15) is 5.26 Å². The van der Waals surface area contributed by atoms with Gasteiger partial charge in [-0.15, -0.1) is 0 Å². The number of nitrogens with zero attached hydrogens (tertiary/aromatic N) is 1. The van der Waals surface area contributed by atoms with Crippen LogP contribution in [0.3, 0.4) is 0 Å². The van der Waals surface area contributed by atoms with E-state index in [0.29, 0.717) is 15.6 Å². The van der Waals surface area contributed by atoms with Crippen molar-refractivity contribution in [1.29, 1.82) is 5.26 Å². The molecule has 1 atom stereocenters. The number of halogens is 2. The molecule has 1 aromatic rings. The van der Waals surface area contributed by atoms with Gasteiger partial charge < -0.3 is 5.11 Å². The third-order valence-electron chi connectivity index (χ3n) is 1.61. The van der Waals surface area contributed by atoms with Crippen LogP contribution in [0.5, 0.6) is 0 Å². The molecule has 0 fully saturated rings. The SMILES string of the molecule is N#CC[C@H](O)c1ccc(Cl)c(Cl)c1. The maximum absolute atomic E-state index is 9.41. The van der Waals surface area contributed by atoms with Gasteiger partial charge in [0.15, 0.2) is 0 Å². The lowest BCUT2D eigenvalue weighted by Gasteiger charge is -2.07. The molecule has 0 aliphatic heterocycles. The minimum atomic E-state index is -0.792. The second-order valence-corrected chi connectivity index (χ2v) is 3.37. The van der Waals surface area contributed by atoms with Gasteiger partial charge in [-0.1, -0.05) is 29.3 Å². The Morgan fingerprint density at radius 3 is 2.62 bits per heavy atom. The summed E-state index contributed by atoms with van der Waals surface area (Å²) < 4.78 is 0. The van der Waals surface area contributed by atoms with Gasteiger partial charge in [-0.3, -0.25) is 0 Å². The van der Waals surface area contributed by atoms with E-state index in [1.54, 1.807) is 18.2 Å². The molecule has 0 saturated carbocycles. The Bertz CT molecular complexity index is 346. The monoisotopic (exact) mass is 215 g/mol. The Morgan fingerprint density at radius 1 is 1.38 bits per heavy atom. The van der Waals surface area contributed by atoms with Crippen LogP contribution in [0.2, 0.25) is 10.0 Å². The third kappa shape index (κ3) is 2.60. The van der Waals surface area contributed by atoms with Gasteiger partial charge in [0, 0.05) is 0 Å². The molecule has 68 valence electrons. The van der Waals surface area contributed by atoms with Crippen molar-refractivity contribution in [1.82, 2.24) is 0 Å². The second-order valence-electron chi connectivity index (χ2n) is 2.55. The fraction of sp³-hybridized carbons (Fsp3) is 0.222. The van der Waals surface area contributed by atoms with Crippen molar-refractivity contribution in [2.45, 2.75) is 12.5 Å². The minimum Gasteiger partial charge on any atom is -0.387 e. The number of benzene rings is 1. The van der Waals surface area contributed by atoms with Gasteiger partial charge in [0.2, 0.25) is 0 Å². The summed E-state index contributed by atoms with van der Waals surface area (Å²) in [7, 11) is 0. The van der Waals surface area contributed by atoms with E-state index in [1.807, 2.05) is 6.07 Å². The van der Waals surface area contributed by atoms with Crippen LogP contribution >= 0.6 is 23.2 Å². The van der Waals surface area contributed by atoms with Crippen molar-refractivity contribution in [2.75, 3.05) is 0 Å². The highest BCUT2D eigenvalue weighted by molar-refractivity contribution is 6.42. The van der Waals surface area contributed by atoms with Crippen LogP contribution in [0.1, 0.15) is 18.1 Å². The molecule has 0 radical (unpaired) electrons. The van der Waals surface area contributed by atoms with E-state index >= 15 is 0 Å². The quantitative estimate of drug-likeness (QED) is 0.825. The van der Waals surface area contributed by atoms with Crippen LogP contribution in [-0.4, -0.2) is 5.11 Å². The molecule has 0 bridgehead atoms. The molecular formula is C9H7Cl2NO. The first-order valence-electron chi connectivity index (χ1n) is 3.65. The highest BCUT2D eigenvalue weighted by Gasteiger charge is 2.08. The number of rotatable bonds is 2. The molecule has 0 saturated heterocycles. The highest BCUT2D eigenvalue weighted by atomic mass is 35.5. The van der Waals surface area contributed by atoms with Crippen LogP contribution in [0.15, 0.2) is 18.2 Å². The maximum atomic E-state index is 9.41. The Hall–Kier alpha value is -0.750. The summed E-state index contributed by atoms with van der Waals surface area (Å²) in [5, 5.41) is 18.6. The van der Waals surface area contributed by atoms with Crippen LogP contribution in [-0.2, 0) is 0 Å². The molecule has 0 spiro atoms. The smallest absolute Gasteiger partial charge is 0.0920 e. The number of aliphatic hydroxyl groups excluding tert-OH is 1. The zero-order valence-corrected chi connectivity index (χ0v) is 8.18. The zero-order valence-electron chi connectivity index (χ0n) is 6.67. The third-order valence-corrected chi connectivity index (χ3v) is 2.35. The molecule has 0 aliphatic carbocycles. The van der Waals surface area contributed by atoms with Crippen LogP contribution in [0, 0.1) is 11.3 Å². The molecule has 4 heteroatoms. The average Bonchev–Trinajstić information content (AvgIpc) is 2.10. The molecule has 0 aliphatic rings. The number of aliphatic hydroxyl groups is 1. The lowest BCUT2D eigenvalue weighted by molar-refractivity contribution is 0.183. The first-order chi connectivity index (χ1) is 6.15. The van der Waals surface area contributed by atoms with Crippen molar-refractivity contribution in [3.8, 4) is 6.07 Å². The summed E-state index contributed by atoms with van der Waals surface area (Å²) in [5.41, 5.74) is 0.607. The number of hydrogen-bond donors (Lipinski definition) is 1. The fourth-order valence-corrected chi connectivity index (χ4v) is 1.23. The molecule has 0 unspecified atom stereocenters. The summed E-state index contributed by atoms with van der Waals surface area (Å²) in [6.07, 6.45) is -0.738. The van der Waals surface area contributed by atoms with E-state index in [1.165, 1.54) is 0 Å². The van der Waals surface area contributed by atoms with Crippen molar-refractivity contribution >= 4 is 23.2 Å². The topological polar surface area (TPSA) is 44.0 Å². The van der Waals surface area contributed by atoms with E-state index in [9.17, 15) is 5.11 Å². The standard InChI is InChI=1S/C9H7Cl2NO/c10-7-2-1-6(5-8(7)11)9(13)3-4-12/h1-2,5,9,13H,3H2/t9-/m0/s1. The largest absolute Gasteiger partial charge is 0.387 e. The van der Waals surface area contributed by atoms with E-state index in [0.717, 1.165) is 0 Å². The molecule has 1 rings (SSSR count). The Balaban J connectivity index is 2.91. The molecule has 13 heavy (non-hydrogen) atoms. The maximum Gasteiger partial charge on any atom is 0.0920 e. The van der Waals surface area contributed by atoms with E-state index in [2.05, 4.69) is 0 Å². The van der Waals surface area contributed by atoms with Crippen LogP contribution in [0.25, 0.3) is 0 Å². The first kappa shape index (κ1) is 10.3. The molecule has 0 heterocycles. The van der Waals surface area contributed by atoms with Crippen molar-refractivity contribution in [3.63, 3.8) is 0 Å². The van der Waals surface area contributed by atoms with E-state index in [4.69, 9.17) is 28.5 Å². The molecule has 0 aromatic heterocycles. The van der Waals surface area contributed by atoms with Crippen molar-refractivity contribution in [2.24, 2.45) is 0 Å². The van der Waals surface area contributed by atoms with E-state index < -0.39 is 6.10 Å².